The van der Waals surface area contributed by atoms with Crippen LogP contribution < -0.4 is 11.3 Å². The number of rotatable bonds is 4. The highest BCUT2D eigenvalue weighted by molar-refractivity contribution is 5.78. The van der Waals surface area contributed by atoms with Crippen molar-refractivity contribution in [3.63, 3.8) is 0 Å². The topological polar surface area (TPSA) is 107 Å². The van der Waals surface area contributed by atoms with Gasteiger partial charge >= 0.3 is 0 Å². The van der Waals surface area contributed by atoms with E-state index in [4.69, 9.17) is 5.73 Å². The second-order valence-electron chi connectivity index (χ2n) is 8.73. The minimum Gasteiger partial charge on any atom is -0.340 e. The van der Waals surface area contributed by atoms with Crippen molar-refractivity contribution in [2.24, 2.45) is 12.8 Å². The number of aryl methyl sites for hydroxylation is 1. The summed E-state index contributed by atoms with van der Waals surface area (Å²) in [6.07, 6.45) is 9.22. The number of aromatic nitrogens is 6. The molecule has 2 saturated carbocycles. The molecule has 3 heterocycles. The molecule has 0 atom stereocenters. The number of imidazole rings is 1. The zero-order valence-electron chi connectivity index (χ0n) is 16.7. The van der Waals surface area contributed by atoms with Crippen molar-refractivity contribution in [2.45, 2.75) is 43.1 Å². The number of H-pyrrole nitrogens is 1. The van der Waals surface area contributed by atoms with Crippen molar-refractivity contribution in [1.29, 1.82) is 0 Å². The van der Waals surface area contributed by atoms with E-state index in [1.807, 2.05) is 29.9 Å². The highest BCUT2D eigenvalue weighted by Crippen LogP contribution is 2.48. The maximum atomic E-state index is 13.2. The van der Waals surface area contributed by atoms with Gasteiger partial charge < -0.3 is 15.3 Å². The molecule has 0 unspecified atom stereocenters. The van der Waals surface area contributed by atoms with E-state index in [2.05, 4.69) is 32.3 Å². The summed E-state index contributed by atoms with van der Waals surface area (Å²) in [5, 5.41) is 8.48. The lowest BCUT2D eigenvalue weighted by Gasteiger charge is -2.45. The maximum absolute atomic E-state index is 13.2. The fourth-order valence-electron chi connectivity index (χ4n) is 4.99. The minimum atomic E-state index is -0.276. The molecule has 0 radical (unpaired) electrons. The first-order valence-electron chi connectivity index (χ1n) is 10.4. The quantitative estimate of drug-likeness (QED) is 0.545. The van der Waals surface area contributed by atoms with Crippen LogP contribution in [0.5, 0.6) is 0 Å². The molecule has 8 heteroatoms. The standard InChI is InChI=1S/C22H23N7O/c1-28-12-26-27-21(28)22(8-15(23)9-22)14-3-2-4-16(7-14)29-10-17(13-5-6-13)18-19(20(29)30)25-11-24-18/h2-4,7,10-13,15H,5-6,8-9,23H2,1H3,(H,24,25). The number of nitrogens with two attached hydrogens (primary N) is 1. The Balaban J connectivity index is 1.52. The first-order chi connectivity index (χ1) is 14.6. The summed E-state index contributed by atoms with van der Waals surface area (Å²) in [5.41, 5.74) is 10.3. The molecule has 3 aromatic heterocycles. The van der Waals surface area contributed by atoms with Gasteiger partial charge in [-0.05, 0) is 54.9 Å². The lowest BCUT2D eigenvalue weighted by Crippen LogP contribution is -2.51. The second-order valence-corrected chi connectivity index (χ2v) is 8.73. The predicted octanol–water partition coefficient (Wildman–Crippen LogP) is 2.13. The van der Waals surface area contributed by atoms with Crippen molar-refractivity contribution in [1.82, 2.24) is 29.3 Å². The molecule has 0 bridgehead atoms. The average molecular weight is 401 g/mol. The number of pyridine rings is 1. The van der Waals surface area contributed by atoms with E-state index >= 15 is 0 Å². The Labute approximate surface area is 172 Å². The molecular weight excluding hydrogens is 378 g/mol. The smallest absolute Gasteiger partial charge is 0.281 e. The number of nitrogens with zero attached hydrogens (tertiary/aromatic N) is 5. The van der Waals surface area contributed by atoms with Crippen LogP contribution in [0.25, 0.3) is 16.7 Å². The Kier molecular flexibility index (Phi) is 3.59. The van der Waals surface area contributed by atoms with Gasteiger partial charge in [0.15, 0.2) is 0 Å². The normalized spacial score (nSPS) is 23.6. The van der Waals surface area contributed by atoms with Gasteiger partial charge in [-0.25, -0.2) is 4.98 Å². The molecular formula is C22H23N7O. The third kappa shape index (κ3) is 2.43. The van der Waals surface area contributed by atoms with E-state index in [1.54, 1.807) is 17.2 Å². The van der Waals surface area contributed by atoms with Crippen molar-refractivity contribution < 1.29 is 0 Å². The fourth-order valence-corrected chi connectivity index (χ4v) is 4.99. The largest absolute Gasteiger partial charge is 0.340 e. The van der Waals surface area contributed by atoms with Gasteiger partial charge in [0.05, 0.1) is 17.3 Å². The summed E-state index contributed by atoms with van der Waals surface area (Å²) in [6.45, 7) is 0. The highest BCUT2D eigenvalue weighted by Gasteiger charge is 2.48. The van der Waals surface area contributed by atoms with Crippen LogP contribution >= 0.6 is 0 Å². The first-order valence-corrected chi connectivity index (χ1v) is 10.4. The zero-order chi connectivity index (χ0) is 20.5. The number of fused-ring (bicyclic) bond motifs is 1. The summed E-state index contributed by atoms with van der Waals surface area (Å²) in [6, 6.07) is 8.32. The molecule has 6 rings (SSSR count). The fraction of sp³-hybridized carbons (Fsp3) is 0.364. The van der Waals surface area contributed by atoms with Crippen molar-refractivity contribution in [3.05, 3.63) is 70.4 Å². The van der Waals surface area contributed by atoms with E-state index in [1.165, 1.54) is 0 Å². The Hall–Kier alpha value is -3.26. The van der Waals surface area contributed by atoms with Crippen LogP contribution in [0.3, 0.4) is 0 Å². The van der Waals surface area contributed by atoms with Crippen molar-refractivity contribution in [3.8, 4) is 5.69 Å². The molecule has 0 aliphatic heterocycles. The lowest BCUT2D eigenvalue weighted by atomic mass is 9.61. The van der Waals surface area contributed by atoms with Gasteiger partial charge in [-0.2, -0.15) is 0 Å². The number of hydrogen-bond acceptors (Lipinski definition) is 5. The Morgan fingerprint density at radius 3 is 2.80 bits per heavy atom. The number of benzene rings is 1. The summed E-state index contributed by atoms with van der Waals surface area (Å²) in [5.74, 6) is 1.40. The van der Waals surface area contributed by atoms with Gasteiger partial charge in [-0.1, -0.05) is 12.1 Å². The highest BCUT2D eigenvalue weighted by atomic mass is 16.1. The summed E-state index contributed by atoms with van der Waals surface area (Å²) in [7, 11) is 1.96. The van der Waals surface area contributed by atoms with Crippen LogP contribution in [0.1, 0.15) is 48.6 Å². The third-order valence-corrected chi connectivity index (χ3v) is 6.67. The third-order valence-electron chi connectivity index (χ3n) is 6.67. The monoisotopic (exact) mass is 401 g/mol. The summed E-state index contributed by atoms with van der Waals surface area (Å²) >= 11 is 0. The number of hydrogen-bond donors (Lipinski definition) is 2. The minimum absolute atomic E-state index is 0.0814. The van der Waals surface area contributed by atoms with Gasteiger partial charge in [0.2, 0.25) is 0 Å². The molecule has 30 heavy (non-hydrogen) atoms. The Morgan fingerprint density at radius 2 is 2.10 bits per heavy atom. The van der Waals surface area contributed by atoms with Gasteiger partial charge in [-0.3, -0.25) is 9.36 Å². The zero-order valence-corrected chi connectivity index (χ0v) is 16.7. The van der Waals surface area contributed by atoms with Gasteiger partial charge in [0, 0.05) is 25.0 Å². The van der Waals surface area contributed by atoms with Crippen LogP contribution in [0, 0.1) is 0 Å². The van der Waals surface area contributed by atoms with Crippen LogP contribution in [-0.4, -0.2) is 35.3 Å². The van der Waals surface area contributed by atoms with E-state index in [0.717, 1.165) is 53.8 Å². The summed E-state index contributed by atoms with van der Waals surface area (Å²) < 4.78 is 3.72. The maximum Gasteiger partial charge on any atom is 0.281 e. The van der Waals surface area contributed by atoms with E-state index in [0.29, 0.717) is 11.4 Å². The lowest BCUT2D eigenvalue weighted by molar-refractivity contribution is 0.234. The molecule has 3 N–H and O–H groups in total. The molecule has 0 saturated heterocycles. The first kappa shape index (κ1) is 17.6. The summed E-state index contributed by atoms with van der Waals surface area (Å²) in [4.78, 5) is 20.7. The number of nitrogens with one attached hydrogen (secondary N) is 1. The molecule has 0 amide bonds. The molecule has 2 aliphatic carbocycles. The van der Waals surface area contributed by atoms with E-state index in [-0.39, 0.29) is 17.0 Å². The molecule has 2 fully saturated rings. The van der Waals surface area contributed by atoms with Gasteiger partial charge in [0.1, 0.15) is 17.7 Å². The van der Waals surface area contributed by atoms with Crippen LogP contribution in [0.2, 0.25) is 0 Å². The van der Waals surface area contributed by atoms with Crippen molar-refractivity contribution in [2.75, 3.05) is 0 Å². The van der Waals surface area contributed by atoms with E-state index in [9.17, 15) is 4.79 Å². The van der Waals surface area contributed by atoms with Crippen LogP contribution in [0.4, 0.5) is 0 Å². The number of aromatic amines is 1. The molecule has 0 spiro atoms. The molecule has 1 aromatic carbocycles. The molecule has 8 nitrogen and oxygen atoms in total. The van der Waals surface area contributed by atoms with Gasteiger partial charge in [0.25, 0.3) is 5.56 Å². The van der Waals surface area contributed by atoms with Crippen molar-refractivity contribution >= 4 is 11.0 Å². The second kappa shape index (κ2) is 6.12. The SMILES string of the molecule is Cn1cnnc1C1(c2cccc(-n3cc(C4CC4)c4nc[nH]c4c3=O)c2)CC(N)C1. The Morgan fingerprint density at radius 1 is 1.27 bits per heavy atom. The molecule has 152 valence electrons. The molecule has 4 aromatic rings. The van der Waals surface area contributed by atoms with E-state index < -0.39 is 0 Å². The average Bonchev–Trinajstić information content (AvgIpc) is 3.27. The Bertz CT molecular complexity index is 1320. The van der Waals surface area contributed by atoms with Gasteiger partial charge in [-0.15, -0.1) is 10.2 Å². The molecule has 2 aliphatic rings. The van der Waals surface area contributed by atoms with Crippen LogP contribution in [-0.2, 0) is 12.5 Å². The predicted molar refractivity (Wildman–Crippen MR) is 113 cm³/mol. The van der Waals surface area contributed by atoms with Crippen LogP contribution in [0.15, 0.2) is 47.9 Å².